The second-order valence-corrected chi connectivity index (χ2v) is 9.30. The van der Waals surface area contributed by atoms with Crippen LogP contribution in [-0.2, 0) is 6.54 Å². The summed E-state index contributed by atoms with van der Waals surface area (Å²) >= 11 is 0. The first-order valence-corrected chi connectivity index (χ1v) is 11.3. The number of amides is 2. The predicted octanol–water partition coefficient (Wildman–Crippen LogP) is 3.31. The van der Waals surface area contributed by atoms with Crippen molar-refractivity contribution in [2.24, 2.45) is 5.92 Å². The van der Waals surface area contributed by atoms with E-state index in [1.807, 2.05) is 23.1 Å². The van der Waals surface area contributed by atoms with Crippen molar-refractivity contribution < 1.29 is 9.59 Å². The van der Waals surface area contributed by atoms with Crippen LogP contribution in [0.25, 0.3) is 21.9 Å². The molecule has 0 radical (unpaired) electrons. The molecule has 0 bridgehead atoms. The van der Waals surface area contributed by atoms with Gasteiger partial charge in [0, 0.05) is 45.7 Å². The lowest BCUT2D eigenvalue weighted by molar-refractivity contribution is 0.0753. The molecular weight excluding hydrogens is 390 g/mol. The summed E-state index contributed by atoms with van der Waals surface area (Å²) in [5.74, 6) is 0.635. The zero-order valence-electron chi connectivity index (χ0n) is 18.7. The van der Waals surface area contributed by atoms with Crippen LogP contribution in [0, 0.1) is 5.92 Å². The number of para-hydroxylation sites is 1. The van der Waals surface area contributed by atoms with Gasteiger partial charge in [-0.05, 0) is 50.9 Å². The van der Waals surface area contributed by atoms with Gasteiger partial charge >= 0.3 is 6.03 Å². The summed E-state index contributed by atoms with van der Waals surface area (Å²) in [7, 11) is 5.58. The van der Waals surface area contributed by atoms with Crippen molar-refractivity contribution in [2.75, 3.05) is 47.3 Å². The third kappa shape index (κ3) is 3.51. The molecule has 2 aromatic heterocycles. The van der Waals surface area contributed by atoms with Crippen molar-refractivity contribution in [1.82, 2.24) is 23.8 Å². The van der Waals surface area contributed by atoms with E-state index in [1.54, 1.807) is 23.6 Å². The maximum absolute atomic E-state index is 13.7. The summed E-state index contributed by atoms with van der Waals surface area (Å²) in [5.41, 5.74) is 3.45. The molecule has 2 amide bonds. The molecule has 1 aliphatic heterocycles. The Balaban J connectivity index is 1.69. The number of hydrogen-bond donors (Lipinski definition) is 0. The summed E-state index contributed by atoms with van der Waals surface area (Å²) < 4.78 is 3.97. The number of rotatable bonds is 3. The van der Waals surface area contributed by atoms with E-state index in [0.717, 1.165) is 54.5 Å². The van der Waals surface area contributed by atoms with Crippen LogP contribution in [-0.4, -0.2) is 83.1 Å². The highest BCUT2D eigenvalue weighted by atomic mass is 16.2. The zero-order valence-corrected chi connectivity index (χ0v) is 18.7. The minimum atomic E-state index is -0.181. The van der Waals surface area contributed by atoms with E-state index >= 15 is 0 Å². The normalized spacial score (nSPS) is 18.0. The average molecular weight is 422 g/mol. The minimum absolute atomic E-state index is 0.0521. The molecule has 3 heterocycles. The Bertz CT molecular complexity index is 1150. The molecule has 0 atom stereocenters. The third-order valence-corrected chi connectivity index (χ3v) is 6.66. The minimum Gasteiger partial charge on any atom is -0.339 e. The van der Waals surface area contributed by atoms with Gasteiger partial charge in [0.2, 0.25) is 0 Å². The molecule has 1 aromatic carbocycles. The Morgan fingerprint density at radius 3 is 2.55 bits per heavy atom. The average Bonchev–Trinajstić information content (AvgIpc) is 3.47. The zero-order chi connectivity index (χ0) is 21.7. The smallest absolute Gasteiger partial charge is 0.328 e. The predicted molar refractivity (Wildman–Crippen MR) is 123 cm³/mol. The molecule has 164 valence electrons. The lowest BCUT2D eigenvalue weighted by Gasteiger charge is -2.22. The molecule has 1 saturated carbocycles. The fourth-order valence-corrected chi connectivity index (χ4v) is 4.72. The first kappa shape index (κ1) is 20.1. The van der Waals surface area contributed by atoms with E-state index < -0.39 is 0 Å². The number of aromatic nitrogens is 2. The highest BCUT2D eigenvalue weighted by Gasteiger charge is 2.31. The largest absolute Gasteiger partial charge is 0.339 e. The van der Waals surface area contributed by atoms with E-state index in [1.165, 1.54) is 12.8 Å². The van der Waals surface area contributed by atoms with Gasteiger partial charge in [-0.1, -0.05) is 18.2 Å². The van der Waals surface area contributed by atoms with Crippen LogP contribution in [0.4, 0.5) is 4.79 Å². The maximum Gasteiger partial charge on any atom is 0.328 e. The van der Waals surface area contributed by atoms with Crippen molar-refractivity contribution in [1.29, 1.82) is 0 Å². The molecule has 1 saturated heterocycles. The SMILES string of the molecule is CN1CCCN(C(=O)c2cc3c(c4ccccc4n3CC3CC3)n2C(=O)N(C)C)CC1. The standard InChI is InChI=1S/C24H31N5O2/c1-25(2)24(31)29-21(23(30)27-12-6-11-26(3)13-14-27)15-20-22(29)18-7-4-5-8-19(18)28(20)16-17-9-10-17/h4-5,7-8,15,17H,6,9-14,16H2,1-3H3. The van der Waals surface area contributed by atoms with Gasteiger partial charge < -0.3 is 19.3 Å². The van der Waals surface area contributed by atoms with Crippen molar-refractivity contribution in [3.8, 4) is 0 Å². The summed E-state index contributed by atoms with van der Waals surface area (Å²) in [6, 6.07) is 10.0. The summed E-state index contributed by atoms with van der Waals surface area (Å²) in [4.78, 5) is 32.7. The number of carbonyl (C=O) groups excluding carboxylic acids is 2. The Kier molecular flexibility index (Phi) is 5.01. The fourth-order valence-electron chi connectivity index (χ4n) is 4.72. The summed E-state index contributed by atoms with van der Waals surface area (Å²) in [5, 5.41) is 1.03. The molecule has 2 aliphatic rings. The molecular formula is C24H31N5O2. The van der Waals surface area contributed by atoms with Crippen molar-refractivity contribution in [3.63, 3.8) is 0 Å². The first-order chi connectivity index (χ1) is 15.0. The lowest BCUT2D eigenvalue weighted by atomic mass is 10.2. The van der Waals surface area contributed by atoms with E-state index in [2.05, 4.69) is 28.6 Å². The molecule has 5 rings (SSSR count). The highest BCUT2D eigenvalue weighted by Crippen LogP contribution is 2.37. The van der Waals surface area contributed by atoms with Crippen molar-refractivity contribution in [3.05, 3.63) is 36.0 Å². The fraction of sp³-hybridized carbons (Fsp3) is 0.500. The topological polar surface area (TPSA) is 53.7 Å². The van der Waals surface area contributed by atoms with Gasteiger partial charge in [0.15, 0.2) is 0 Å². The van der Waals surface area contributed by atoms with Gasteiger partial charge in [0.25, 0.3) is 5.91 Å². The first-order valence-electron chi connectivity index (χ1n) is 11.3. The van der Waals surface area contributed by atoms with Crippen LogP contribution < -0.4 is 0 Å². The third-order valence-electron chi connectivity index (χ3n) is 6.66. The van der Waals surface area contributed by atoms with Gasteiger partial charge in [-0.2, -0.15) is 0 Å². The van der Waals surface area contributed by atoms with Crippen LogP contribution in [0.2, 0.25) is 0 Å². The Morgan fingerprint density at radius 2 is 1.81 bits per heavy atom. The van der Waals surface area contributed by atoms with Gasteiger partial charge in [0.1, 0.15) is 5.69 Å². The highest BCUT2D eigenvalue weighted by molar-refractivity contribution is 6.14. The van der Waals surface area contributed by atoms with Gasteiger partial charge in [-0.15, -0.1) is 0 Å². The molecule has 31 heavy (non-hydrogen) atoms. The number of fused-ring (bicyclic) bond motifs is 3. The molecule has 1 aliphatic carbocycles. The summed E-state index contributed by atoms with van der Waals surface area (Å²) in [6.07, 6.45) is 3.44. The van der Waals surface area contributed by atoms with Crippen LogP contribution in [0.5, 0.6) is 0 Å². The maximum atomic E-state index is 13.7. The van der Waals surface area contributed by atoms with Gasteiger partial charge in [0.05, 0.1) is 16.6 Å². The second-order valence-electron chi connectivity index (χ2n) is 9.30. The monoisotopic (exact) mass is 421 g/mol. The number of likely N-dealkylation sites (N-methyl/N-ethyl adjacent to an activating group) is 1. The molecule has 0 unspecified atom stereocenters. The van der Waals surface area contributed by atoms with Crippen LogP contribution in [0.3, 0.4) is 0 Å². The number of hydrogen-bond acceptors (Lipinski definition) is 3. The Labute approximate surface area is 182 Å². The number of nitrogens with zero attached hydrogens (tertiary/aromatic N) is 5. The molecule has 7 nitrogen and oxygen atoms in total. The Morgan fingerprint density at radius 1 is 1.03 bits per heavy atom. The molecule has 3 aromatic rings. The molecule has 0 N–H and O–H groups in total. The van der Waals surface area contributed by atoms with Gasteiger partial charge in [-0.25, -0.2) is 4.79 Å². The molecule has 0 spiro atoms. The van der Waals surface area contributed by atoms with Crippen LogP contribution >= 0.6 is 0 Å². The molecule has 2 fully saturated rings. The van der Waals surface area contributed by atoms with E-state index in [9.17, 15) is 9.59 Å². The van der Waals surface area contributed by atoms with E-state index in [4.69, 9.17) is 0 Å². The number of carbonyl (C=O) groups is 2. The lowest BCUT2D eigenvalue weighted by Crippen LogP contribution is -2.37. The quantitative estimate of drug-likeness (QED) is 0.652. The van der Waals surface area contributed by atoms with Crippen LogP contribution in [0.15, 0.2) is 30.3 Å². The van der Waals surface area contributed by atoms with E-state index in [-0.39, 0.29) is 11.9 Å². The van der Waals surface area contributed by atoms with Crippen molar-refractivity contribution in [2.45, 2.75) is 25.8 Å². The second kappa shape index (κ2) is 7.71. The molecule has 7 heteroatoms. The van der Waals surface area contributed by atoms with Gasteiger partial charge in [-0.3, -0.25) is 9.36 Å². The Hall–Kier alpha value is -2.80. The van der Waals surface area contributed by atoms with Crippen LogP contribution in [0.1, 0.15) is 29.8 Å². The van der Waals surface area contributed by atoms with E-state index in [0.29, 0.717) is 18.2 Å². The van der Waals surface area contributed by atoms with Crippen molar-refractivity contribution >= 4 is 33.9 Å². The number of benzene rings is 1. The summed E-state index contributed by atoms with van der Waals surface area (Å²) in [6.45, 7) is 4.18.